The zero-order chi connectivity index (χ0) is 8.55. The van der Waals surface area contributed by atoms with E-state index in [2.05, 4.69) is 9.97 Å². The Kier molecular flexibility index (Phi) is 1.97. The van der Waals surface area contributed by atoms with Crippen LogP contribution in [-0.2, 0) is 12.8 Å². The SMILES string of the molecule is Cc1nc(=S)c2c([nH]1)CCCC2. The molecule has 12 heavy (non-hydrogen) atoms. The number of aryl methyl sites for hydroxylation is 2. The second kappa shape index (κ2) is 2.98. The van der Waals surface area contributed by atoms with Crippen molar-refractivity contribution >= 4 is 12.2 Å². The van der Waals surface area contributed by atoms with Gasteiger partial charge in [0.2, 0.25) is 0 Å². The maximum absolute atomic E-state index is 5.20. The molecular formula is C9H12N2S. The summed E-state index contributed by atoms with van der Waals surface area (Å²) in [5.41, 5.74) is 2.60. The van der Waals surface area contributed by atoms with Crippen LogP contribution in [0, 0.1) is 11.6 Å². The monoisotopic (exact) mass is 180 g/mol. The van der Waals surface area contributed by atoms with Crippen LogP contribution in [0.3, 0.4) is 0 Å². The molecule has 1 aliphatic rings. The van der Waals surface area contributed by atoms with E-state index < -0.39 is 0 Å². The molecule has 2 rings (SSSR count). The molecule has 1 aliphatic carbocycles. The third-order valence-electron chi connectivity index (χ3n) is 2.33. The van der Waals surface area contributed by atoms with E-state index in [4.69, 9.17) is 12.2 Å². The molecule has 0 fully saturated rings. The molecule has 0 aliphatic heterocycles. The largest absolute Gasteiger partial charge is 0.347 e. The molecule has 1 aromatic heterocycles. The quantitative estimate of drug-likeness (QED) is 0.621. The van der Waals surface area contributed by atoms with Crippen molar-refractivity contribution in [1.29, 1.82) is 0 Å². The standard InChI is InChI=1S/C9H12N2S/c1-6-10-8-5-3-2-4-7(8)9(12)11-6/h2-5H2,1H3,(H,10,11,12). The zero-order valence-corrected chi connectivity index (χ0v) is 8.00. The Bertz CT molecular complexity index is 354. The van der Waals surface area contributed by atoms with E-state index in [1.165, 1.54) is 24.1 Å². The van der Waals surface area contributed by atoms with E-state index in [9.17, 15) is 0 Å². The first-order valence-corrected chi connectivity index (χ1v) is 4.77. The molecule has 0 unspecified atom stereocenters. The molecule has 1 N–H and O–H groups in total. The summed E-state index contributed by atoms with van der Waals surface area (Å²) in [6.07, 6.45) is 4.79. The van der Waals surface area contributed by atoms with Crippen molar-refractivity contribution in [2.75, 3.05) is 0 Å². The van der Waals surface area contributed by atoms with Crippen LogP contribution in [-0.4, -0.2) is 9.97 Å². The topological polar surface area (TPSA) is 28.7 Å². The van der Waals surface area contributed by atoms with Gasteiger partial charge in [0.1, 0.15) is 10.5 Å². The van der Waals surface area contributed by atoms with Crippen LogP contribution in [0.1, 0.15) is 29.9 Å². The summed E-state index contributed by atoms with van der Waals surface area (Å²) in [5.74, 6) is 0.945. The number of nitrogens with one attached hydrogen (secondary N) is 1. The Labute approximate surface area is 77.0 Å². The fourth-order valence-corrected chi connectivity index (χ4v) is 2.11. The Hall–Kier alpha value is -0.700. The van der Waals surface area contributed by atoms with E-state index in [0.29, 0.717) is 0 Å². The van der Waals surface area contributed by atoms with Gasteiger partial charge < -0.3 is 4.98 Å². The number of aromatic amines is 1. The molecule has 0 spiro atoms. The number of H-pyrrole nitrogens is 1. The Balaban J connectivity index is 2.60. The molecule has 1 aromatic rings. The van der Waals surface area contributed by atoms with Crippen molar-refractivity contribution < 1.29 is 0 Å². The van der Waals surface area contributed by atoms with Crippen LogP contribution >= 0.6 is 12.2 Å². The van der Waals surface area contributed by atoms with Gasteiger partial charge >= 0.3 is 0 Å². The summed E-state index contributed by atoms with van der Waals surface area (Å²) in [6.45, 7) is 1.96. The third-order valence-corrected chi connectivity index (χ3v) is 2.66. The maximum Gasteiger partial charge on any atom is 0.133 e. The predicted molar refractivity (Wildman–Crippen MR) is 50.8 cm³/mol. The predicted octanol–water partition coefficient (Wildman–Crippen LogP) is 2.33. The maximum atomic E-state index is 5.20. The van der Waals surface area contributed by atoms with Crippen LogP contribution < -0.4 is 0 Å². The molecule has 1 heterocycles. The van der Waals surface area contributed by atoms with Crippen LogP contribution in [0.5, 0.6) is 0 Å². The molecule has 0 radical (unpaired) electrons. The molecule has 0 saturated heterocycles. The lowest BCUT2D eigenvalue weighted by Gasteiger charge is -2.15. The summed E-state index contributed by atoms with van der Waals surface area (Å²) in [5, 5.41) is 0. The molecule has 0 aromatic carbocycles. The summed E-state index contributed by atoms with van der Waals surface area (Å²) < 4.78 is 0.806. The zero-order valence-electron chi connectivity index (χ0n) is 7.18. The highest BCUT2D eigenvalue weighted by Crippen LogP contribution is 2.19. The first-order chi connectivity index (χ1) is 5.77. The van der Waals surface area contributed by atoms with Crippen LogP contribution in [0.4, 0.5) is 0 Å². The number of rotatable bonds is 0. The number of fused-ring (bicyclic) bond motifs is 1. The third kappa shape index (κ3) is 1.29. The van der Waals surface area contributed by atoms with Crippen molar-refractivity contribution in [1.82, 2.24) is 9.97 Å². The second-order valence-corrected chi connectivity index (χ2v) is 3.68. The van der Waals surface area contributed by atoms with Gasteiger partial charge in [-0.2, -0.15) is 0 Å². The average molecular weight is 180 g/mol. The van der Waals surface area contributed by atoms with E-state index in [0.717, 1.165) is 23.3 Å². The highest BCUT2D eigenvalue weighted by Gasteiger charge is 2.11. The number of hydrogen-bond donors (Lipinski definition) is 1. The van der Waals surface area contributed by atoms with Crippen molar-refractivity contribution in [3.05, 3.63) is 21.7 Å². The van der Waals surface area contributed by atoms with Gasteiger partial charge in [-0.3, -0.25) is 0 Å². The number of nitrogens with zero attached hydrogens (tertiary/aromatic N) is 1. The molecular weight excluding hydrogens is 168 g/mol. The highest BCUT2D eigenvalue weighted by molar-refractivity contribution is 7.71. The van der Waals surface area contributed by atoms with Gasteiger partial charge in [-0.1, -0.05) is 12.2 Å². The first-order valence-electron chi connectivity index (χ1n) is 4.36. The summed E-state index contributed by atoms with van der Waals surface area (Å²) >= 11 is 5.20. The van der Waals surface area contributed by atoms with E-state index in [-0.39, 0.29) is 0 Å². The van der Waals surface area contributed by atoms with Crippen LogP contribution in [0.15, 0.2) is 0 Å². The normalized spacial score (nSPS) is 15.8. The van der Waals surface area contributed by atoms with Gasteiger partial charge in [0.15, 0.2) is 0 Å². The van der Waals surface area contributed by atoms with Crippen LogP contribution in [0.25, 0.3) is 0 Å². The Morgan fingerprint density at radius 3 is 2.92 bits per heavy atom. The lowest BCUT2D eigenvalue weighted by molar-refractivity contribution is 0.655. The minimum absolute atomic E-state index is 0.806. The van der Waals surface area contributed by atoms with Crippen molar-refractivity contribution in [2.24, 2.45) is 0 Å². The molecule has 3 heteroatoms. The molecule has 64 valence electrons. The Morgan fingerprint density at radius 2 is 2.08 bits per heavy atom. The van der Waals surface area contributed by atoms with Gasteiger partial charge in [-0.05, 0) is 32.6 Å². The van der Waals surface area contributed by atoms with Gasteiger partial charge in [0.25, 0.3) is 0 Å². The van der Waals surface area contributed by atoms with Crippen molar-refractivity contribution in [2.45, 2.75) is 32.6 Å². The minimum atomic E-state index is 0.806. The second-order valence-electron chi connectivity index (χ2n) is 3.29. The van der Waals surface area contributed by atoms with Gasteiger partial charge in [-0.25, -0.2) is 4.98 Å². The smallest absolute Gasteiger partial charge is 0.133 e. The summed E-state index contributed by atoms with van der Waals surface area (Å²) in [4.78, 5) is 7.54. The lowest BCUT2D eigenvalue weighted by atomic mass is 9.97. The Morgan fingerprint density at radius 1 is 1.33 bits per heavy atom. The van der Waals surface area contributed by atoms with Crippen molar-refractivity contribution in [3.8, 4) is 0 Å². The first kappa shape index (κ1) is 7.92. The summed E-state index contributed by atoms with van der Waals surface area (Å²) in [7, 11) is 0. The molecule has 0 bridgehead atoms. The van der Waals surface area contributed by atoms with Crippen LogP contribution in [0.2, 0.25) is 0 Å². The van der Waals surface area contributed by atoms with E-state index >= 15 is 0 Å². The number of aromatic nitrogens is 2. The fourth-order valence-electron chi connectivity index (χ4n) is 1.75. The molecule has 0 atom stereocenters. The molecule has 2 nitrogen and oxygen atoms in total. The van der Waals surface area contributed by atoms with Crippen molar-refractivity contribution in [3.63, 3.8) is 0 Å². The molecule has 0 amide bonds. The molecule has 0 saturated carbocycles. The minimum Gasteiger partial charge on any atom is -0.347 e. The summed E-state index contributed by atoms with van der Waals surface area (Å²) in [6, 6.07) is 0. The number of hydrogen-bond acceptors (Lipinski definition) is 2. The highest BCUT2D eigenvalue weighted by atomic mass is 32.1. The van der Waals surface area contributed by atoms with Gasteiger partial charge in [0.05, 0.1) is 0 Å². The average Bonchev–Trinajstić information content (AvgIpc) is 2.04. The van der Waals surface area contributed by atoms with E-state index in [1.54, 1.807) is 0 Å². The fraction of sp³-hybridized carbons (Fsp3) is 0.556. The van der Waals surface area contributed by atoms with E-state index in [1.807, 2.05) is 6.92 Å². The van der Waals surface area contributed by atoms with Gasteiger partial charge in [0, 0.05) is 11.3 Å². The van der Waals surface area contributed by atoms with Gasteiger partial charge in [-0.15, -0.1) is 0 Å². The lowest BCUT2D eigenvalue weighted by Crippen LogP contribution is -2.08.